The second-order valence-corrected chi connectivity index (χ2v) is 4.66. The van der Waals surface area contributed by atoms with Gasteiger partial charge in [0.05, 0.1) is 0 Å². The Kier molecular flexibility index (Phi) is 5.23. The molecule has 0 aromatic carbocycles. The van der Waals surface area contributed by atoms with Crippen LogP contribution in [0, 0.1) is 6.92 Å². The Morgan fingerprint density at radius 2 is 1.94 bits per heavy atom. The molecule has 2 N–H and O–H groups in total. The molecule has 1 atom stereocenters. The standard InChI is InChI=1S/C14H25N3O/c1-6-14(7-2,18-8-3)13-16-9-12(10(4)15)11(5)17-13/h9-10H,6-8,15H2,1-5H3. The Labute approximate surface area is 110 Å². The number of aryl methyl sites for hydroxylation is 1. The van der Waals surface area contributed by atoms with Gasteiger partial charge in [-0.05, 0) is 33.6 Å². The summed E-state index contributed by atoms with van der Waals surface area (Å²) in [6.45, 7) is 10.8. The number of aromatic nitrogens is 2. The van der Waals surface area contributed by atoms with Crippen molar-refractivity contribution in [3.8, 4) is 0 Å². The van der Waals surface area contributed by atoms with Gasteiger partial charge in [0.1, 0.15) is 5.60 Å². The van der Waals surface area contributed by atoms with Crippen molar-refractivity contribution in [3.63, 3.8) is 0 Å². The molecule has 0 saturated carbocycles. The molecule has 4 heteroatoms. The van der Waals surface area contributed by atoms with E-state index in [1.165, 1.54) is 0 Å². The Balaban J connectivity index is 3.18. The smallest absolute Gasteiger partial charge is 0.160 e. The third-order valence-electron chi connectivity index (χ3n) is 3.48. The molecular weight excluding hydrogens is 226 g/mol. The molecule has 0 aliphatic carbocycles. The first-order valence-corrected chi connectivity index (χ1v) is 6.74. The zero-order valence-corrected chi connectivity index (χ0v) is 12.2. The fraction of sp³-hybridized carbons (Fsp3) is 0.714. The Bertz CT molecular complexity index is 387. The second kappa shape index (κ2) is 6.25. The van der Waals surface area contributed by atoms with Crippen LogP contribution in [0.4, 0.5) is 0 Å². The van der Waals surface area contributed by atoms with E-state index in [1.807, 2.05) is 27.0 Å². The first-order valence-electron chi connectivity index (χ1n) is 6.74. The summed E-state index contributed by atoms with van der Waals surface area (Å²) in [6, 6.07) is -0.0382. The predicted molar refractivity (Wildman–Crippen MR) is 73.3 cm³/mol. The lowest BCUT2D eigenvalue weighted by Crippen LogP contribution is -2.31. The van der Waals surface area contributed by atoms with E-state index in [4.69, 9.17) is 10.5 Å². The minimum absolute atomic E-state index is 0.0382. The normalized spacial score (nSPS) is 13.7. The average molecular weight is 251 g/mol. The summed E-state index contributed by atoms with van der Waals surface area (Å²) >= 11 is 0. The van der Waals surface area contributed by atoms with Crippen molar-refractivity contribution >= 4 is 0 Å². The van der Waals surface area contributed by atoms with Crippen molar-refractivity contribution in [2.45, 2.75) is 59.1 Å². The molecule has 1 unspecified atom stereocenters. The SMILES string of the molecule is CCOC(CC)(CC)c1ncc(C(C)N)c(C)n1. The van der Waals surface area contributed by atoms with Crippen LogP contribution >= 0.6 is 0 Å². The van der Waals surface area contributed by atoms with E-state index < -0.39 is 0 Å². The van der Waals surface area contributed by atoms with Gasteiger partial charge in [0, 0.05) is 30.1 Å². The van der Waals surface area contributed by atoms with Crippen LogP contribution in [0.5, 0.6) is 0 Å². The fourth-order valence-corrected chi connectivity index (χ4v) is 2.25. The van der Waals surface area contributed by atoms with Gasteiger partial charge in [-0.3, -0.25) is 0 Å². The molecule has 1 rings (SSSR count). The van der Waals surface area contributed by atoms with Gasteiger partial charge in [-0.2, -0.15) is 0 Å². The fourth-order valence-electron chi connectivity index (χ4n) is 2.25. The molecule has 0 saturated heterocycles. The highest BCUT2D eigenvalue weighted by atomic mass is 16.5. The zero-order chi connectivity index (χ0) is 13.8. The number of nitrogens with two attached hydrogens (primary N) is 1. The van der Waals surface area contributed by atoms with Crippen LogP contribution in [0.2, 0.25) is 0 Å². The number of hydrogen-bond donors (Lipinski definition) is 1. The van der Waals surface area contributed by atoms with Gasteiger partial charge < -0.3 is 10.5 Å². The molecule has 1 aromatic rings. The van der Waals surface area contributed by atoms with Crippen molar-refractivity contribution in [2.75, 3.05) is 6.61 Å². The number of hydrogen-bond acceptors (Lipinski definition) is 4. The third kappa shape index (κ3) is 2.87. The lowest BCUT2D eigenvalue weighted by Gasteiger charge is -2.30. The van der Waals surface area contributed by atoms with Crippen LogP contribution < -0.4 is 5.73 Å². The van der Waals surface area contributed by atoms with Crippen LogP contribution in [0.25, 0.3) is 0 Å². The van der Waals surface area contributed by atoms with Crippen molar-refractivity contribution in [1.29, 1.82) is 0 Å². The van der Waals surface area contributed by atoms with E-state index in [0.717, 1.165) is 29.9 Å². The summed E-state index contributed by atoms with van der Waals surface area (Å²) in [4.78, 5) is 9.09. The molecule has 0 aliphatic heterocycles. The number of ether oxygens (including phenoxy) is 1. The molecule has 0 aliphatic rings. The average Bonchev–Trinajstić information content (AvgIpc) is 2.35. The summed E-state index contributed by atoms with van der Waals surface area (Å²) in [7, 11) is 0. The zero-order valence-electron chi connectivity index (χ0n) is 12.2. The van der Waals surface area contributed by atoms with Crippen molar-refractivity contribution in [3.05, 3.63) is 23.3 Å². The van der Waals surface area contributed by atoms with Gasteiger partial charge in [-0.15, -0.1) is 0 Å². The summed E-state index contributed by atoms with van der Waals surface area (Å²) in [5.41, 5.74) is 7.46. The van der Waals surface area contributed by atoms with E-state index >= 15 is 0 Å². The molecule has 0 radical (unpaired) electrons. The van der Waals surface area contributed by atoms with Crippen molar-refractivity contribution in [2.24, 2.45) is 5.73 Å². The molecule has 0 spiro atoms. The summed E-state index contributed by atoms with van der Waals surface area (Å²) in [5.74, 6) is 0.774. The van der Waals surface area contributed by atoms with E-state index in [-0.39, 0.29) is 11.6 Å². The lowest BCUT2D eigenvalue weighted by molar-refractivity contribution is -0.0573. The largest absolute Gasteiger partial charge is 0.367 e. The van der Waals surface area contributed by atoms with Gasteiger partial charge in [0.2, 0.25) is 0 Å². The van der Waals surface area contributed by atoms with Crippen LogP contribution in [0.3, 0.4) is 0 Å². The Morgan fingerprint density at radius 3 is 2.33 bits per heavy atom. The van der Waals surface area contributed by atoms with E-state index in [2.05, 4.69) is 23.8 Å². The first-order chi connectivity index (χ1) is 8.50. The molecule has 4 nitrogen and oxygen atoms in total. The van der Waals surface area contributed by atoms with Gasteiger partial charge >= 0.3 is 0 Å². The number of rotatable bonds is 6. The van der Waals surface area contributed by atoms with Crippen LogP contribution in [0.1, 0.15) is 63.7 Å². The monoisotopic (exact) mass is 251 g/mol. The first kappa shape index (κ1) is 15.1. The molecule has 0 amide bonds. The highest BCUT2D eigenvalue weighted by Crippen LogP contribution is 2.31. The van der Waals surface area contributed by atoms with E-state index in [9.17, 15) is 0 Å². The molecule has 0 fully saturated rings. The van der Waals surface area contributed by atoms with Gasteiger partial charge in [0.25, 0.3) is 0 Å². The second-order valence-electron chi connectivity index (χ2n) is 4.66. The Morgan fingerprint density at radius 1 is 1.33 bits per heavy atom. The van der Waals surface area contributed by atoms with Gasteiger partial charge in [-0.25, -0.2) is 9.97 Å². The van der Waals surface area contributed by atoms with E-state index in [1.54, 1.807) is 0 Å². The maximum Gasteiger partial charge on any atom is 0.160 e. The minimum Gasteiger partial charge on any atom is -0.367 e. The van der Waals surface area contributed by atoms with Crippen LogP contribution in [0.15, 0.2) is 6.20 Å². The molecule has 1 heterocycles. The maximum atomic E-state index is 5.91. The Hall–Kier alpha value is -1.00. The summed E-state index contributed by atoms with van der Waals surface area (Å²) in [6.07, 6.45) is 3.57. The summed E-state index contributed by atoms with van der Waals surface area (Å²) < 4.78 is 5.91. The highest BCUT2D eigenvalue weighted by molar-refractivity contribution is 5.21. The molecule has 18 heavy (non-hydrogen) atoms. The maximum absolute atomic E-state index is 5.91. The number of nitrogens with zero attached hydrogens (tertiary/aromatic N) is 2. The topological polar surface area (TPSA) is 61.0 Å². The van der Waals surface area contributed by atoms with Gasteiger partial charge in [-0.1, -0.05) is 13.8 Å². The van der Waals surface area contributed by atoms with Crippen LogP contribution in [-0.2, 0) is 10.3 Å². The molecular formula is C14H25N3O. The quantitative estimate of drug-likeness (QED) is 0.844. The molecule has 1 aromatic heterocycles. The van der Waals surface area contributed by atoms with Gasteiger partial charge in [0.15, 0.2) is 5.82 Å². The minimum atomic E-state index is -0.365. The molecule has 0 bridgehead atoms. The lowest BCUT2D eigenvalue weighted by atomic mass is 9.95. The van der Waals surface area contributed by atoms with E-state index in [0.29, 0.717) is 6.61 Å². The van der Waals surface area contributed by atoms with Crippen LogP contribution in [-0.4, -0.2) is 16.6 Å². The molecule has 102 valence electrons. The van der Waals surface area contributed by atoms with Crippen molar-refractivity contribution < 1.29 is 4.74 Å². The van der Waals surface area contributed by atoms with Crippen molar-refractivity contribution in [1.82, 2.24) is 9.97 Å². The predicted octanol–water partition coefficient (Wildman–Crippen LogP) is 2.86. The third-order valence-corrected chi connectivity index (χ3v) is 3.48. The highest BCUT2D eigenvalue weighted by Gasteiger charge is 2.32. The summed E-state index contributed by atoms with van der Waals surface area (Å²) in [5, 5.41) is 0.